The number of H-pyrrole nitrogens is 1. The smallest absolute Gasteiger partial charge is 0.379 e. The Balaban J connectivity index is 1.92. The molecule has 0 bridgehead atoms. The zero-order chi connectivity index (χ0) is 13.4. The van der Waals surface area contributed by atoms with E-state index in [1.807, 2.05) is 0 Å². The zero-order valence-corrected chi connectivity index (χ0v) is 10.6. The summed E-state index contributed by atoms with van der Waals surface area (Å²) >= 11 is 0. The lowest BCUT2D eigenvalue weighted by molar-refractivity contribution is -0.137. The highest BCUT2D eigenvalue weighted by Gasteiger charge is 2.27. The third-order valence-corrected chi connectivity index (χ3v) is 3.19. The number of fused-ring (bicyclic) bond motifs is 1. The van der Waals surface area contributed by atoms with E-state index in [-0.39, 0.29) is 6.61 Å². The predicted octanol–water partition coefficient (Wildman–Crippen LogP) is 2.19. The minimum absolute atomic E-state index is 0.197. The Morgan fingerprint density at radius 1 is 1.42 bits per heavy atom. The molecule has 1 aliphatic rings. The zero-order valence-electron chi connectivity index (χ0n) is 10.6. The highest BCUT2D eigenvalue weighted by Crippen LogP contribution is 2.39. The summed E-state index contributed by atoms with van der Waals surface area (Å²) in [7, 11) is 0. The van der Waals surface area contributed by atoms with Crippen LogP contribution in [0.4, 0.5) is 0 Å². The highest BCUT2D eigenvalue weighted by atomic mass is 16.5. The summed E-state index contributed by atoms with van der Waals surface area (Å²) in [4.78, 5) is 30.9. The van der Waals surface area contributed by atoms with Gasteiger partial charge in [-0.2, -0.15) is 0 Å². The van der Waals surface area contributed by atoms with Crippen LogP contribution in [-0.4, -0.2) is 28.3 Å². The number of hydrogen-bond donors (Lipinski definition) is 1. The second-order valence-corrected chi connectivity index (χ2v) is 4.68. The van der Waals surface area contributed by atoms with Gasteiger partial charge >= 0.3 is 5.97 Å². The largest absolute Gasteiger partial charge is 0.460 e. The molecule has 5 heteroatoms. The van der Waals surface area contributed by atoms with Crippen LogP contribution in [0.3, 0.4) is 0 Å². The van der Waals surface area contributed by atoms with E-state index < -0.39 is 11.8 Å². The van der Waals surface area contributed by atoms with Crippen molar-refractivity contribution in [2.75, 3.05) is 6.61 Å². The fourth-order valence-electron chi connectivity index (χ4n) is 2.04. The maximum Gasteiger partial charge on any atom is 0.379 e. The summed E-state index contributed by atoms with van der Waals surface area (Å²) in [6.07, 6.45) is 2.32. The standard InChI is InChI=1S/C14H14N2O3/c1-2-19-14(18)12(17)9-5-6-10-11(7-9)16-13(15-10)8-3-4-8/h5-8H,2-4H2,1H3,(H,15,16). The third-order valence-electron chi connectivity index (χ3n) is 3.19. The van der Waals surface area contributed by atoms with Gasteiger partial charge in [-0.1, -0.05) is 0 Å². The molecule has 19 heavy (non-hydrogen) atoms. The van der Waals surface area contributed by atoms with E-state index in [0.717, 1.165) is 29.7 Å². The number of ether oxygens (including phenoxy) is 1. The number of rotatable bonds is 4. The van der Waals surface area contributed by atoms with Crippen LogP contribution in [-0.2, 0) is 9.53 Å². The van der Waals surface area contributed by atoms with Gasteiger partial charge in [-0.3, -0.25) is 4.79 Å². The number of aromatic nitrogens is 2. The molecule has 0 radical (unpaired) electrons. The molecular weight excluding hydrogens is 244 g/mol. The molecule has 0 atom stereocenters. The lowest BCUT2D eigenvalue weighted by Crippen LogP contribution is -2.17. The number of Topliss-reactive ketones (excluding diaryl/α,β-unsaturated/α-hetero) is 1. The Hall–Kier alpha value is -2.17. The van der Waals surface area contributed by atoms with Gasteiger partial charge in [0, 0.05) is 11.5 Å². The van der Waals surface area contributed by atoms with Gasteiger partial charge in [-0.05, 0) is 38.0 Å². The van der Waals surface area contributed by atoms with Crippen molar-refractivity contribution < 1.29 is 14.3 Å². The highest BCUT2D eigenvalue weighted by molar-refractivity contribution is 6.40. The molecule has 0 unspecified atom stereocenters. The minimum Gasteiger partial charge on any atom is -0.460 e. The van der Waals surface area contributed by atoms with Crippen LogP contribution >= 0.6 is 0 Å². The molecule has 1 aliphatic carbocycles. The first kappa shape index (κ1) is 11.9. The van der Waals surface area contributed by atoms with Crippen LogP contribution in [0.1, 0.15) is 41.9 Å². The number of hydrogen-bond acceptors (Lipinski definition) is 4. The van der Waals surface area contributed by atoms with Gasteiger partial charge in [0.25, 0.3) is 5.78 Å². The number of benzene rings is 1. The second-order valence-electron chi connectivity index (χ2n) is 4.68. The van der Waals surface area contributed by atoms with Crippen LogP contribution in [0.2, 0.25) is 0 Å². The Morgan fingerprint density at radius 3 is 2.89 bits per heavy atom. The molecule has 1 N–H and O–H groups in total. The van der Waals surface area contributed by atoms with E-state index in [9.17, 15) is 9.59 Å². The molecule has 0 amide bonds. The molecule has 98 valence electrons. The fraction of sp³-hybridized carbons (Fsp3) is 0.357. The Bertz CT molecular complexity index is 656. The lowest BCUT2D eigenvalue weighted by atomic mass is 10.1. The summed E-state index contributed by atoms with van der Waals surface area (Å²) in [6.45, 7) is 1.87. The summed E-state index contributed by atoms with van der Waals surface area (Å²) < 4.78 is 4.71. The SMILES string of the molecule is CCOC(=O)C(=O)c1ccc2nc(C3CC3)[nH]c2c1. The molecule has 1 aromatic carbocycles. The number of esters is 1. The summed E-state index contributed by atoms with van der Waals surface area (Å²) in [5.41, 5.74) is 1.94. The summed E-state index contributed by atoms with van der Waals surface area (Å²) in [5.74, 6) is 0.0578. The van der Waals surface area contributed by atoms with E-state index in [4.69, 9.17) is 4.74 Å². The molecule has 0 saturated heterocycles. The Labute approximate surface area is 110 Å². The number of imidazole rings is 1. The van der Waals surface area contributed by atoms with Crippen molar-refractivity contribution in [3.8, 4) is 0 Å². The van der Waals surface area contributed by atoms with Gasteiger partial charge in [0.1, 0.15) is 5.82 Å². The van der Waals surface area contributed by atoms with Crippen molar-refractivity contribution in [3.63, 3.8) is 0 Å². The van der Waals surface area contributed by atoms with E-state index in [2.05, 4.69) is 9.97 Å². The second kappa shape index (κ2) is 4.50. The minimum atomic E-state index is -0.816. The predicted molar refractivity (Wildman–Crippen MR) is 69.0 cm³/mol. The molecule has 1 heterocycles. The van der Waals surface area contributed by atoms with E-state index in [1.165, 1.54) is 0 Å². The van der Waals surface area contributed by atoms with Crippen molar-refractivity contribution in [2.24, 2.45) is 0 Å². The lowest BCUT2D eigenvalue weighted by Gasteiger charge is -2.00. The number of nitrogens with zero attached hydrogens (tertiary/aromatic N) is 1. The van der Waals surface area contributed by atoms with Gasteiger partial charge in [-0.15, -0.1) is 0 Å². The van der Waals surface area contributed by atoms with Gasteiger partial charge < -0.3 is 9.72 Å². The van der Waals surface area contributed by atoms with E-state index in [1.54, 1.807) is 25.1 Å². The van der Waals surface area contributed by atoms with Crippen LogP contribution in [0.5, 0.6) is 0 Å². The average Bonchev–Trinajstić information content (AvgIpc) is 3.17. The monoisotopic (exact) mass is 258 g/mol. The molecular formula is C14H14N2O3. The van der Waals surface area contributed by atoms with Gasteiger partial charge in [-0.25, -0.2) is 9.78 Å². The average molecular weight is 258 g/mol. The first-order chi connectivity index (χ1) is 9.19. The Kier molecular flexibility index (Phi) is 2.81. The van der Waals surface area contributed by atoms with Gasteiger partial charge in [0.15, 0.2) is 0 Å². The fourth-order valence-corrected chi connectivity index (χ4v) is 2.04. The first-order valence-corrected chi connectivity index (χ1v) is 6.40. The van der Waals surface area contributed by atoms with Crippen molar-refractivity contribution in [2.45, 2.75) is 25.7 Å². The van der Waals surface area contributed by atoms with Crippen LogP contribution in [0.15, 0.2) is 18.2 Å². The molecule has 0 aliphatic heterocycles. The van der Waals surface area contributed by atoms with Gasteiger partial charge in [0.2, 0.25) is 0 Å². The van der Waals surface area contributed by atoms with Gasteiger partial charge in [0.05, 0.1) is 17.6 Å². The van der Waals surface area contributed by atoms with Crippen LogP contribution < -0.4 is 0 Å². The normalized spacial score (nSPS) is 14.6. The Morgan fingerprint density at radius 2 is 2.21 bits per heavy atom. The quantitative estimate of drug-likeness (QED) is 0.518. The maximum absolute atomic E-state index is 11.8. The number of aromatic amines is 1. The van der Waals surface area contributed by atoms with E-state index in [0.29, 0.717) is 11.5 Å². The topological polar surface area (TPSA) is 72.1 Å². The number of carbonyl (C=O) groups excluding carboxylic acids is 2. The van der Waals surface area contributed by atoms with Crippen molar-refractivity contribution in [1.29, 1.82) is 0 Å². The molecule has 5 nitrogen and oxygen atoms in total. The van der Waals surface area contributed by atoms with Crippen LogP contribution in [0, 0.1) is 0 Å². The number of carbonyl (C=O) groups is 2. The van der Waals surface area contributed by atoms with Crippen molar-refractivity contribution in [3.05, 3.63) is 29.6 Å². The molecule has 1 saturated carbocycles. The number of nitrogens with one attached hydrogen (secondary N) is 1. The third kappa shape index (κ3) is 2.23. The molecule has 1 fully saturated rings. The van der Waals surface area contributed by atoms with Crippen molar-refractivity contribution in [1.82, 2.24) is 9.97 Å². The summed E-state index contributed by atoms with van der Waals surface area (Å²) in [6, 6.07) is 5.02. The first-order valence-electron chi connectivity index (χ1n) is 6.40. The number of ketones is 1. The van der Waals surface area contributed by atoms with Crippen LogP contribution in [0.25, 0.3) is 11.0 Å². The van der Waals surface area contributed by atoms with Crippen molar-refractivity contribution >= 4 is 22.8 Å². The molecule has 2 aromatic rings. The molecule has 3 rings (SSSR count). The molecule has 1 aromatic heterocycles. The van der Waals surface area contributed by atoms with E-state index >= 15 is 0 Å². The molecule has 0 spiro atoms. The maximum atomic E-state index is 11.8. The summed E-state index contributed by atoms with van der Waals surface area (Å²) in [5, 5.41) is 0.